The van der Waals surface area contributed by atoms with Gasteiger partial charge in [-0.3, -0.25) is 0 Å². The molecule has 10 heavy (non-hydrogen) atoms. The van der Waals surface area contributed by atoms with Gasteiger partial charge in [0.25, 0.3) is 0 Å². The van der Waals surface area contributed by atoms with Crippen LogP contribution in [0.3, 0.4) is 0 Å². The van der Waals surface area contributed by atoms with Crippen molar-refractivity contribution in [2.24, 2.45) is 0 Å². The first-order valence-corrected chi connectivity index (χ1v) is 3.50. The highest BCUT2D eigenvalue weighted by Gasteiger charge is 1.95. The van der Waals surface area contributed by atoms with Gasteiger partial charge in [0.1, 0.15) is 5.82 Å². The molecule has 2 nitrogen and oxygen atoms in total. The predicted molar refractivity (Wildman–Crippen MR) is 42.1 cm³/mol. The highest BCUT2D eigenvalue weighted by molar-refractivity contribution is 9.08. The lowest BCUT2D eigenvalue weighted by molar-refractivity contribution is 0.630. The number of anilines is 1. The third-order valence-electron chi connectivity index (χ3n) is 1.06. The molecule has 1 aromatic rings. The largest absolute Gasteiger partial charge is 0.309 e. The molecule has 4 heteroatoms. The van der Waals surface area contributed by atoms with Crippen LogP contribution in [0.5, 0.6) is 0 Å². The number of para-hydroxylation sites is 1. The van der Waals surface area contributed by atoms with E-state index >= 15 is 0 Å². The van der Waals surface area contributed by atoms with E-state index in [1.54, 1.807) is 18.2 Å². The second-order valence-electron chi connectivity index (χ2n) is 1.70. The van der Waals surface area contributed by atoms with Crippen molar-refractivity contribution in [1.82, 2.24) is 4.45 Å². The molecule has 0 fully saturated rings. The van der Waals surface area contributed by atoms with Crippen LogP contribution in [0.4, 0.5) is 10.1 Å². The summed E-state index contributed by atoms with van der Waals surface area (Å²) in [7, 11) is 0. The monoisotopic (exact) mass is 204 g/mol. The van der Waals surface area contributed by atoms with Crippen LogP contribution in [0.15, 0.2) is 24.3 Å². The van der Waals surface area contributed by atoms with Crippen LogP contribution in [-0.4, -0.2) is 0 Å². The Morgan fingerprint density at radius 3 is 2.60 bits per heavy atom. The first-order chi connectivity index (χ1) is 4.84. The minimum absolute atomic E-state index is 0.283. The van der Waals surface area contributed by atoms with Crippen LogP contribution in [-0.2, 0) is 0 Å². The fourth-order valence-electron chi connectivity index (χ4n) is 0.613. The van der Waals surface area contributed by atoms with E-state index in [1.807, 2.05) is 0 Å². The predicted octanol–water partition coefficient (Wildman–Crippen LogP) is 2.05. The molecule has 0 aliphatic carbocycles. The summed E-state index contributed by atoms with van der Waals surface area (Å²) in [6, 6.07) is 6.39. The molecule has 0 heterocycles. The molecule has 0 bridgehead atoms. The van der Waals surface area contributed by atoms with E-state index in [2.05, 4.69) is 26.0 Å². The first kappa shape index (κ1) is 7.50. The lowest BCUT2D eigenvalue weighted by atomic mass is 10.3. The third kappa shape index (κ3) is 1.68. The highest BCUT2D eigenvalue weighted by Crippen LogP contribution is 2.10. The maximum absolute atomic E-state index is 12.7. The number of hydrogen-bond donors (Lipinski definition) is 2. The summed E-state index contributed by atoms with van der Waals surface area (Å²) in [5.74, 6) is -0.283. The van der Waals surface area contributed by atoms with Gasteiger partial charge >= 0.3 is 0 Å². The molecular formula is C6H6BrFN2. The van der Waals surface area contributed by atoms with Gasteiger partial charge in [0.15, 0.2) is 0 Å². The van der Waals surface area contributed by atoms with Crippen LogP contribution < -0.4 is 9.88 Å². The molecule has 0 aliphatic heterocycles. The van der Waals surface area contributed by atoms with Crippen molar-refractivity contribution < 1.29 is 4.39 Å². The summed E-state index contributed by atoms with van der Waals surface area (Å²) >= 11 is 2.89. The zero-order valence-electron chi connectivity index (χ0n) is 5.07. The second-order valence-corrected chi connectivity index (χ2v) is 2.10. The van der Waals surface area contributed by atoms with E-state index in [0.717, 1.165) is 0 Å². The Hall–Kier alpha value is -0.610. The maximum Gasteiger partial charge on any atom is 0.147 e. The molecular weight excluding hydrogens is 199 g/mol. The lowest BCUT2D eigenvalue weighted by Gasteiger charge is -2.01. The molecule has 0 aliphatic rings. The van der Waals surface area contributed by atoms with Crippen molar-refractivity contribution in [3.05, 3.63) is 30.1 Å². The minimum Gasteiger partial charge on any atom is -0.309 e. The summed E-state index contributed by atoms with van der Waals surface area (Å²) in [6.07, 6.45) is 0. The quantitative estimate of drug-likeness (QED) is 0.570. The van der Waals surface area contributed by atoms with Gasteiger partial charge in [-0.2, -0.15) is 4.45 Å². The fourth-order valence-corrected chi connectivity index (χ4v) is 0.827. The number of hydrazine groups is 1. The molecule has 1 aromatic carbocycles. The van der Waals surface area contributed by atoms with Crippen molar-refractivity contribution >= 4 is 21.8 Å². The number of rotatable bonds is 2. The maximum atomic E-state index is 12.7. The van der Waals surface area contributed by atoms with Gasteiger partial charge in [0.05, 0.1) is 5.69 Å². The lowest BCUT2D eigenvalue weighted by Crippen LogP contribution is -2.08. The molecule has 0 spiro atoms. The molecule has 1 rings (SSSR count). The Labute approximate surface area is 66.7 Å². The molecule has 2 N–H and O–H groups in total. The van der Waals surface area contributed by atoms with Crippen molar-refractivity contribution in [3.63, 3.8) is 0 Å². The molecule has 0 atom stereocenters. The summed E-state index contributed by atoms with van der Waals surface area (Å²) < 4.78 is 15.1. The van der Waals surface area contributed by atoms with E-state index in [-0.39, 0.29) is 5.82 Å². The molecule has 0 radical (unpaired) electrons. The molecule has 0 saturated heterocycles. The van der Waals surface area contributed by atoms with E-state index in [9.17, 15) is 4.39 Å². The molecule has 0 aromatic heterocycles. The van der Waals surface area contributed by atoms with Crippen molar-refractivity contribution in [2.75, 3.05) is 5.43 Å². The average Bonchev–Trinajstić information content (AvgIpc) is 1.94. The van der Waals surface area contributed by atoms with Crippen LogP contribution >= 0.6 is 16.1 Å². The molecule has 0 amide bonds. The Kier molecular flexibility index (Phi) is 2.65. The van der Waals surface area contributed by atoms with Gasteiger partial charge in [0, 0.05) is 16.1 Å². The Morgan fingerprint density at radius 1 is 1.30 bits per heavy atom. The van der Waals surface area contributed by atoms with Gasteiger partial charge in [-0.05, 0) is 12.1 Å². The average molecular weight is 205 g/mol. The van der Waals surface area contributed by atoms with Crippen LogP contribution in [0.25, 0.3) is 0 Å². The number of halogens is 2. The van der Waals surface area contributed by atoms with Crippen LogP contribution in [0, 0.1) is 5.82 Å². The van der Waals surface area contributed by atoms with Crippen molar-refractivity contribution in [1.29, 1.82) is 0 Å². The van der Waals surface area contributed by atoms with Gasteiger partial charge in [-0.1, -0.05) is 12.1 Å². The van der Waals surface area contributed by atoms with Crippen LogP contribution in [0.2, 0.25) is 0 Å². The Morgan fingerprint density at radius 2 is 2.00 bits per heavy atom. The number of benzene rings is 1. The van der Waals surface area contributed by atoms with Gasteiger partial charge in [0.2, 0.25) is 0 Å². The van der Waals surface area contributed by atoms with Crippen LogP contribution in [0.1, 0.15) is 0 Å². The molecule has 54 valence electrons. The molecule has 0 saturated carbocycles. The van der Waals surface area contributed by atoms with E-state index in [0.29, 0.717) is 5.69 Å². The topological polar surface area (TPSA) is 24.1 Å². The number of hydrogen-bond acceptors (Lipinski definition) is 2. The Balaban J connectivity index is 2.81. The highest BCUT2D eigenvalue weighted by atomic mass is 79.9. The van der Waals surface area contributed by atoms with Crippen molar-refractivity contribution in [2.45, 2.75) is 0 Å². The minimum atomic E-state index is -0.283. The first-order valence-electron chi connectivity index (χ1n) is 2.71. The summed E-state index contributed by atoms with van der Waals surface area (Å²) in [5, 5.41) is 0. The fraction of sp³-hybridized carbons (Fsp3) is 0. The number of nitrogens with one attached hydrogen (secondary N) is 2. The summed E-state index contributed by atoms with van der Waals surface area (Å²) in [6.45, 7) is 0. The third-order valence-corrected chi connectivity index (χ3v) is 1.25. The standard InChI is InChI=1S/C6H6BrFN2/c7-10-9-6-4-2-1-3-5(6)8/h1-4,9-10H. The summed E-state index contributed by atoms with van der Waals surface area (Å²) in [4.78, 5) is 0. The zero-order chi connectivity index (χ0) is 7.40. The normalized spacial score (nSPS) is 9.40. The van der Waals surface area contributed by atoms with E-state index < -0.39 is 0 Å². The Bertz CT molecular complexity index is 217. The van der Waals surface area contributed by atoms with Gasteiger partial charge in [-0.15, -0.1) is 0 Å². The van der Waals surface area contributed by atoms with Gasteiger partial charge in [-0.25, -0.2) is 4.39 Å². The molecule has 0 unspecified atom stereocenters. The second kappa shape index (κ2) is 3.53. The zero-order valence-corrected chi connectivity index (χ0v) is 6.65. The van der Waals surface area contributed by atoms with Gasteiger partial charge < -0.3 is 5.43 Å². The van der Waals surface area contributed by atoms with E-state index in [1.165, 1.54) is 6.07 Å². The SMILES string of the molecule is Fc1ccccc1NNBr. The van der Waals surface area contributed by atoms with E-state index in [4.69, 9.17) is 0 Å². The smallest absolute Gasteiger partial charge is 0.147 e. The summed E-state index contributed by atoms with van der Waals surface area (Å²) in [5.41, 5.74) is 2.98. The van der Waals surface area contributed by atoms with Crippen molar-refractivity contribution in [3.8, 4) is 0 Å².